The highest BCUT2D eigenvalue weighted by Crippen LogP contribution is 2.60. The van der Waals surface area contributed by atoms with Crippen LogP contribution in [-0.2, 0) is 23.9 Å². The summed E-state index contributed by atoms with van der Waals surface area (Å²) in [6.45, 7) is 11.9. The molecule has 2 bridgehead atoms. The van der Waals surface area contributed by atoms with E-state index in [1.807, 2.05) is 13.8 Å². The Morgan fingerprint density at radius 1 is 1.39 bits per heavy atom. The van der Waals surface area contributed by atoms with Gasteiger partial charge in [-0.2, -0.15) is 0 Å². The third-order valence-corrected chi connectivity index (χ3v) is 7.94. The Balaban J connectivity index is 2.07. The number of nitrogens with zero attached hydrogens (tertiary/aromatic N) is 2. The summed E-state index contributed by atoms with van der Waals surface area (Å²) in [5.41, 5.74) is -1.15. The highest BCUT2D eigenvalue weighted by Gasteiger charge is 2.77. The van der Waals surface area contributed by atoms with E-state index >= 15 is 0 Å². The standard InChI is InChI=1S/C24H35BrN2O6/c1-5-9-11-26(10-6-2)22(30)20-24-13-16(25)19(33-24)17(23(31)32-12-7-3)18(24)21(29)27(20)15(8-4)14-28/h6-7,15-20,28H,2-3,5,8-14H2,1,4H3/t15-,16?,17-,18-,19-,20?,24?/m0/s1. The molecule has 3 rings (SSSR count). The quantitative estimate of drug-likeness (QED) is 0.237. The Bertz CT molecular complexity index is 787. The Kier molecular flexibility index (Phi) is 8.40. The first-order valence-corrected chi connectivity index (χ1v) is 12.7. The molecule has 7 atom stereocenters. The van der Waals surface area contributed by atoms with Crippen molar-refractivity contribution >= 4 is 33.7 Å². The average molecular weight is 527 g/mol. The first-order chi connectivity index (χ1) is 15.8. The zero-order valence-corrected chi connectivity index (χ0v) is 21.0. The maximum absolute atomic E-state index is 14.0. The van der Waals surface area contributed by atoms with Crippen molar-refractivity contribution in [3.05, 3.63) is 25.3 Å². The van der Waals surface area contributed by atoms with E-state index in [-0.39, 0.29) is 29.9 Å². The Morgan fingerprint density at radius 2 is 2.12 bits per heavy atom. The SMILES string of the molecule is C=CCOC(=O)[C@H]1[C@H]2C(=O)N([C@@H](CC)CO)C(C(=O)N(CC=C)CCCC)C23CC(Br)[C@@H]1O3. The number of likely N-dealkylation sites (tertiary alicyclic amines) is 1. The Labute approximate surface area is 204 Å². The van der Waals surface area contributed by atoms with Crippen LogP contribution < -0.4 is 0 Å². The summed E-state index contributed by atoms with van der Waals surface area (Å²) in [5, 5.41) is 10.1. The number of carbonyl (C=O) groups is 3. The van der Waals surface area contributed by atoms with E-state index in [0.29, 0.717) is 25.9 Å². The maximum atomic E-state index is 14.0. The number of fused-ring (bicyclic) bond motifs is 1. The fourth-order valence-corrected chi connectivity index (χ4v) is 6.57. The van der Waals surface area contributed by atoms with Crippen molar-refractivity contribution in [3.63, 3.8) is 0 Å². The monoisotopic (exact) mass is 526 g/mol. The molecule has 0 aromatic rings. The van der Waals surface area contributed by atoms with Gasteiger partial charge in [0.15, 0.2) is 0 Å². The smallest absolute Gasteiger partial charge is 0.312 e. The number of hydrogen-bond acceptors (Lipinski definition) is 6. The van der Waals surface area contributed by atoms with Gasteiger partial charge in [0.2, 0.25) is 11.8 Å². The number of aliphatic hydroxyl groups excluding tert-OH is 1. The molecular weight excluding hydrogens is 492 g/mol. The summed E-state index contributed by atoms with van der Waals surface area (Å²) in [6, 6.07) is -1.48. The molecule has 0 radical (unpaired) electrons. The van der Waals surface area contributed by atoms with Crippen LogP contribution in [0.5, 0.6) is 0 Å². The number of alkyl halides is 1. The topological polar surface area (TPSA) is 96.4 Å². The molecule has 3 unspecified atom stereocenters. The molecule has 2 amide bonds. The molecule has 3 fully saturated rings. The second kappa shape index (κ2) is 10.7. The van der Waals surface area contributed by atoms with E-state index in [2.05, 4.69) is 29.1 Å². The molecule has 0 aromatic heterocycles. The number of unbranched alkanes of at least 4 members (excludes halogenated alkanes) is 1. The minimum atomic E-state index is -1.15. The van der Waals surface area contributed by atoms with E-state index < -0.39 is 41.6 Å². The summed E-state index contributed by atoms with van der Waals surface area (Å²) >= 11 is 3.63. The number of ether oxygens (including phenoxy) is 2. The zero-order valence-electron chi connectivity index (χ0n) is 19.5. The molecule has 3 aliphatic rings. The summed E-state index contributed by atoms with van der Waals surface area (Å²) in [6.07, 6.45) is 5.20. The van der Waals surface area contributed by atoms with Gasteiger partial charge in [-0.3, -0.25) is 14.4 Å². The summed E-state index contributed by atoms with van der Waals surface area (Å²) in [7, 11) is 0. The lowest BCUT2D eigenvalue weighted by molar-refractivity contribution is -0.155. The van der Waals surface area contributed by atoms with Gasteiger partial charge in [-0.05, 0) is 19.3 Å². The summed E-state index contributed by atoms with van der Waals surface area (Å²) in [4.78, 5) is 43.8. The van der Waals surface area contributed by atoms with Gasteiger partial charge >= 0.3 is 5.97 Å². The van der Waals surface area contributed by atoms with Crippen molar-refractivity contribution < 1.29 is 29.0 Å². The predicted molar refractivity (Wildman–Crippen MR) is 127 cm³/mol. The van der Waals surface area contributed by atoms with Gasteiger partial charge in [-0.15, -0.1) is 6.58 Å². The lowest BCUT2D eigenvalue weighted by atomic mass is 9.70. The number of hydrogen-bond donors (Lipinski definition) is 1. The molecule has 0 aromatic carbocycles. The van der Waals surface area contributed by atoms with Crippen molar-refractivity contribution in [1.82, 2.24) is 9.80 Å². The molecular formula is C24H35BrN2O6. The molecule has 3 heterocycles. The van der Waals surface area contributed by atoms with Crippen LogP contribution in [-0.4, -0.2) is 87.6 Å². The number of carbonyl (C=O) groups excluding carboxylic acids is 3. The molecule has 9 heteroatoms. The maximum Gasteiger partial charge on any atom is 0.312 e. The fraction of sp³-hybridized carbons (Fsp3) is 0.708. The van der Waals surface area contributed by atoms with Crippen LogP contribution in [0.3, 0.4) is 0 Å². The van der Waals surface area contributed by atoms with E-state index in [4.69, 9.17) is 9.47 Å². The number of halogens is 1. The number of amides is 2. The van der Waals surface area contributed by atoms with Gasteiger partial charge in [0.05, 0.1) is 30.6 Å². The third kappa shape index (κ3) is 4.28. The molecule has 0 saturated carbocycles. The molecule has 33 heavy (non-hydrogen) atoms. The van der Waals surface area contributed by atoms with Crippen molar-refractivity contribution in [2.45, 2.75) is 68.1 Å². The average Bonchev–Trinajstić information content (AvgIpc) is 3.39. The number of aliphatic hydroxyl groups is 1. The van der Waals surface area contributed by atoms with Crippen LogP contribution in [0.1, 0.15) is 39.5 Å². The molecule has 0 aliphatic carbocycles. The van der Waals surface area contributed by atoms with Gasteiger partial charge in [0, 0.05) is 17.9 Å². The lowest BCUT2D eigenvalue weighted by Crippen LogP contribution is -2.59. The van der Waals surface area contributed by atoms with Crippen LogP contribution >= 0.6 is 15.9 Å². The molecule has 3 saturated heterocycles. The molecule has 3 aliphatic heterocycles. The second-order valence-electron chi connectivity index (χ2n) is 9.00. The van der Waals surface area contributed by atoms with E-state index in [9.17, 15) is 19.5 Å². The minimum Gasteiger partial charge on any atom is -0.461 e. The lowest BCUT2D eigenvalue weighted by Gasteiger charge is -2.39. The first-order valence-electron chi connectivity index (χ1n) is 11.7. The molecule has 184 valence electrons. The summed E-state index contributed by atoms with van der Waals surface area (Å²) < 4.78 is 11.8. The van der Waals surface area contributed by atoms with E-state index in [1.165, 1.54) is 11.0 Å². The summed E-state index contributed by atoms with van der Waals surface area (Å²) in [5.74, 6) is -2.74. The van der Waals surface area contributed by atoms with Gasteiger partial charge in [0.1, 0.15) is 18.2 Å². The molecule has 1 spiro atoms. The Hall–Kier alpha value is -1.71. The van der Waals surface area contributed by atoms with Crippen molar-refractivity contribution in [2.24, 2.45) is 11.8 Å². The predicted octanol–water partition coefficient (Wildman–Crippen LogP) is 2.05. The molecule has 8 nitrogen and oxygen atoms in total. The normalized spacial score (nSPS) is 33.0. The van der Waals surface area contributed by atoms with Gasteiger partial charge in [0.25, 0.3) is 0 Å². The Morgan fingerprint density at radius 3 is 2.70 bits per heavy atom. The first kappa shape index (κ1) is 25.9. The largest absolute Gasteiger partial charge is 0.461 e. The zero-order chi connectivity index (χ0) is 24.3. The second-order valence-corrected chi connectivity index (χ2v) is 10.2. The molecule has 1 N–H and O–H groups in total. The number of rotatable bonds is 12. The number of esters is 1. The van der Waals surface area contributed by atoms with Crippen LogP contribution in [0.15, 0.2) is 25.3 Å². The van der Waals surface area contributed by atoms with Crippen molar-refractivity contribution in [2.75, 3.05) is 26.3 Å². The highest BCUT2D eigenvalue weighted by molar-refractivity contribution is 9.09. The van der Waals surface area contributed by atoms with Crippen LogP contribution in [0.4, 0.5) is 0 Å². The van der Waals surface area contributed by atoms with Gasteiger partial charge < -0.3 is 24.4 Å². The van der Waals surface area contributed by atoms with Crippen molar-refractivity contribution in [3.8, 4) is 0 Å². The third-order valence-electron chi connectivity index (χ3n) is 7.09. The van der Waals surface area contributed by atoms with Crippen LogP contribution in [0.25, 0.3) is 0 Å². The van der Waals surface area contributed by atoms with E-state index in [0.717, 1.165) is 12.8 Å². The van der Waals surface area contributed by atoms with Crippen LogP contribution in [0, 0.1) is 11.8 Å². The highest BCUT2D eigenvalue weighted by atomic mass is 79.9. The van der Waals surface area contributed by atoms with E-state index in [1.54, 1.807) is 11.0 Å². The van der Waals surface area contributed by atoms with Crippen LogP contribution in [0.2, 0.25) is 0 Å². The fourth-order valence-electron chi connectivity index (χ4n) is 5.63. The van der Waals surface area contributed by atoms with Gasteiger partial charge in [-0.25, -0.2) is 0 Å². The van der Waals surface area contributed by atoms with Crippen molar-refractivity contribution in [1.29, 1.82) is 0 Å². The minimum absolute atomic E-state index is 0.0351. The van der Waals surface area contributed by atoms with Gasteiger partial charge in [-0.1, -0.05) is 54.9 Å².